The van der Waals surface area contributed by atoms with Crippen LogP contribution in [0, 0.1) is 0 Å². The molecule has 7 heavy (non-hydrogen) atoms. The van der Waals surface area contributed by atoms with Gasteiger partial charge in [0.15, 0.2) is 0 Å². The van der Waals surface area contributed by atoms with E-state index in [1.165, 1.54) is 0 Å². The molecule has 0 saturated carbocycles. The van der Waals surface area contributed by atoms with Crippen LogP contribution in [-0.2, 0) is 4.79 Å². The lowest BCUT2D eigenvalue weighted by atomic mass is 11.7. The Morgan fingerprint density at radius 2 is 2.29 bits per heavy atom. The van der Waals surface area contributed by atoms with Crippen LogP contribution in [0.25, 0.3) is 0 Å². The molecule has 0 aliphatic carbocycles. The lowest BCUT2D eigenvalue weighted by molar-refractivity contribution is 0.252. The molecule has 0 radical (unpaired) electrons. The smallest absolute Gasteiger partial charge is 0.210 e. The van der Waals surface area contributed by atoms with Crippen molar-refractivity contribution in [2.45, 2.75) is 5.76 Å². The highest BCUT2D eigenvalue weighted by atomic mass is 32.2. The molecular weight excluding hydrogens is 124 g/mol. The monoisotopic (exact) mass is 125 g/mol. The van der Waals surface area contributed by atoms with E-state index in [9.17, 15) is 8.78 Å². The zero-order valence-electron chi connectivity index (χ0n) is 3.10. The van der Waals surface area contributed by atoms with Gasteiger partial charge in [-0.15, -0.1) is 4.40 Å². The number of hydrogen-bond donors (Lipinski definition) is 0. The predicted molar refractivity (Wildman–Crippen MR) is 21.7 cm³/mol. The van der Waals surface area contributed by atoms with Crippen LogP contribution >= 0.6 is 11.9 Å². The van der Waals surface area contributed by atoms with Gasteiger partial charge in [-0.05, 0) is 0 Å². The minimum atomic E-state index is -2.61. The number of alkyl halides is 2. The van der Waals surface area contributed by atoms with Crippen molar-refractivity contribution < 1.29 is 13.6 Å². The minimum absolute atomic E-state index is 0.101. The maximum absolute atomic E-state index is 10.9. The molecule has 0 unspecified atom stereocenters. The van der Waals surface area contributed by atoms with Gasteiger partial charge >= 0.3 is 5.76 Å². The van der Waals surface area contributed by atoms with Gasteiger partial charge in [-0.1, -0.05) is 0 Å². The lowest BCUT2D eigenvalue weighted by Crippen LogP contribution is -1.73. The number of rotatable bonds is 2. The second-order valence-corrected chi connectivity index (χ2v) is 1.30. The molecule has 0 aromatic heterocycles. The quantitative estimate of drug-likeness (QED) is 0.315. The summed E-state index contributed by atoms with van der Waals surface area (Å²) in [6.07, 6.45) is 0.957. The van der Waals surface area contributed by atoms with Crippen LogP contribution in [0.2, 0.25) is 0 Å². The Labute approximate surface area is 42.8 Å². The molecule has 2 nitrogen and oxygen atoms in total. The van der Waals surface area contributed by atoms with Gasteiger partial charge in [-0.2, -0.15) is 8.78 Å². The second kappa shape index (κ2) is 3.77. The normalized spacial score (nSPS) is 8.43. The minimum Gasteiger partial charge on any atom is -0.210 e. The largest absolute Gasteiger partial charge is 0.305 e. The molecule has 0 bridgehead atoms. The SMILES string of the molecule is O=C=NSC(F)F. The Morgan fingerprint density at radius 3 is 2.43 bits per heavy atom. The summed E-state index contributed by atoms with van der Waals surface area (Å²) in [6.45, 7) is 0. The van der Waals surface area contributed by atoms with E-state index in [0.717, 1.165) is 6.08 Å². The first-order valence-electron chi connectivity index (χ1n) is 1.28. The first-order valence-corrected chi connectivity index (χ1v) is 2.12. The number of halogens is 2. The molecule has 0 amide bonds. The summed E-state index contributed by atoms with van der Waals surface area (Å²) in [5, 5.41) is 0. The zero-order chi connectivity index (χ0) is 5.70. The summed E-state index contributed by atoms with van der Waals surface area (Å²) in [6, 6.07) is 0. The summed E-state index contributed by atoms with van der Waals surface area (Å²) in [5.74, 6) is -2.61. The molecule has 0 aliphatic heterocycles. The maximum atomic E-state index is 10.9. The van der Waals surface area contributed by atoms with Crippen LogP contribution < -0.4 is 0 Å². The highest BCUT2D eigenvalue weighted by Crippen LogP contribution is 2.12. The van der Waals surface area contributed by atoms with E-state index in [1.807, 2.05) is 0 Å². The van der Waals surface area contributed by atoms with E-state index in [4.69, 9.17) is 4.79 Å². The van der Waals surface area contributed by atoms with E-state index in [0.29, 0.717) is 0 Å². The van der Waals surface area contributed by atoms with Crippen molar-refractivity contribution in [1.82, 2.24) is 0 Å². The first-order chi connectivity index (χ1) is 3.27. The van der Waals surface area contributed by atoms with Crippen molar-refractivity contribution >= 4 is 18.0 Å². The fourth-order valence-corrected chi connectivity index (χ4v) is 0.184. The molecule has 5 heteroatoms. The van der Waals surface area contributed by atoms with Gasteiger partial charge in [-0.25, -0.2) is 4.79 Å². The van der Waals surface area contributed by atoms with Gasteiger partial charge in [0.25, 0.3) is 0 Å². The third-order valence-electron chi connectivity index (χ3n) is 0.170. The van der Waals surface area contributed by atoms with E-state index in [1.54, 1.807) is 0 Å². The molecule has 0 aromatic carbocycles. The predicted octanol–water partition coefficient (Wildman–Crippen LogP) is 1.19. The van der Waals surface area contributed by atoms with E-state index in [2.05, 4.69) is 4.40 Å². The molecule has 0 rings (SSSR count). The molecule has 0 saturated heterocycles. The molecule has 0 aromatic rings. The highest BCUT2D eigenvalue weighted by molar-refractivity contribution is 7.98. The molecule has 0 heterocycles. The fraction of sp³-hybridized carbons (Fsp3) is 0.500. The topological polar surface area (TPSA) is 29.4 Å². The van der Waals surface area contributed by atoms with Gasteiger partial charge in [0.2, 0.25) is 6.08 Å². The average molecular weight is 125 g/mol. The average Bonchev–Trinajstić information content (AvgIpc) is 1.61. The number of hydrogen-bond acceptors (Lipinski definition) is 3. The van der Waals surface area contributed by atoms with Crippen LogP contribution in [0.5, 0.6) is 0 Å². The summed E-state index contributed by atoms with van der Waals surface area (Å²) in [4.78, 5) is 9.06. The van der Waals surface area contributed by atoms with Crippen LogP contribution in [-0.4, -0.2) is 11.8 Å². The third-order valence-corrected chi connectivity index (χ3v) is 0.509. The van der Waals surface area contributed by atoms with Gasteiger partial charge in [0.05, 0.1) is 11.9 Å². The number of isocyanates is 1. The molecule has 0 N–H and O–H groups in total. The number of nitrogens with zero attached hydrogens (tertiary/aromatic N) is 1. The maximum Gasteiger partial charge on any atom is 0.305 e. The Balaban J connectivity index is 3.13. The van der Waals surface area contributed by atoms with E-state index in [-0.39, 0.29) is 11.9 Å². The lowest BCUT2D eigenvalue weighted by Gasteiger charge is -1.81. The van der Waals surface area contributed by atoms with Crippen molar-refractivity contribution in [3.8, 4) is 0 Å². The van der Waals surface area contributed by atoms with Crippen LogP contribution in [0.1, 0.15) is 0 Å². The molecule has 0 aliphatic rings. The molecule has 0 atom stereocenters. The van der Waals surface area contributed by atoms with E-state index >= 15 is 0 Å². The van der Waals surface area contributed by atoms with Gasteiger partial charge in [0, 0.05) is 0 Å². The summed E-state index contributed by atoms with van der Waals surface area (Å²) < 4.78 is 24.4. The second-order valence-electron chi connectivity index (χ2n) is 0.549. The molecule has 40 valence electrons. The number of carbonyl (C=O) groups excluding carboxylic acids is 1. The van der Waals surface area contributed by atoms with Crippen LogP contribution in [0.4, 0.5) is 8.78 Å². The van der Waals surface area contributed by atoms with Crippen molar-refractivity contribution in [2.75, 3.05) is 0 Å². The standard InChI is InChI=1S/C2HF2NOS/c3-2(4)7-5-1-6/h2H. The summed E-state index contributed by atoms with van der Waals surface area (Å²) >= 11 is -0.101. The Morgan fingerprint density at radius 1 is 1.71 bits per heavy atom. The molecular formula is C2HF2NOS. The molecule has 0 spiro atoms. The van der Waals surface area contributed by atoms with E-state index < -0.39 is 5.76 Å². The van der Waals surface area contributed by atoms with Crippen molar-refractivity contribution in [3.63, 3.8) is 0 Å². The Kier molecular flexibility index (Phi) is 3.55. The first kappa shape index (κ1) is 6.59. The Bertz CT molecular complexity index is 89.7. The third kappa shape index (κ3) is 5.59. The summed E-state index contributed by atoms with van der Waals surface area (Å²) in [5.41, 5.74) is 0. The Hall–Kier alpha value is -0.410. The van der Waals surface area contributed by atoms with Gasteiger partial charge < -0.3 is 0 Å². The van der Waals surface area contributed by atoms with Crippen LogP contribution in [0.15, 0.2) is 4.40 Å². The fourth-order valence-electron chi connectivity index (χ4n) is 0.0614. The van der Waals surface area contributed by atoms with Gasteiger partial charge in [-0.3, -0.25) is 0 Å². The van der Waals surface area contributed by atoms with Crippen LogP contribution in [0.3, 0.4) is 0 Å². The zero-order valence-corrected chi connectivity index (χ0v) is 3.91. The highest BCUT2D eigenvalue weighted by Gasteiger charge is 1.97. The molecule has 0 fully saturated rings. The van der Waals surface area contributed by atoms with Crippen molar-refractivity contribution in [3.05, 3.63) is 0 Å². The van der Waals surface area contributed by atoms with Gasteiger partial charge in [0.1, 0.15) is 0 Å². The van der Waals surface area contributed by atoms with Crippen molar-refractivity contribution in [1.29, 1.82) is 0 Å². The van der Waals surface area contributed by atoms with Crippen molar-refractivity contribution in [2.24, 2.45) is 4.40 Å². The summed E-state index contributed by atoms with van der Waals surface area (Å²) in [7, 11) is 0.